The fourth-order valence-corrected chi connectivity index (χ4v) is 3.87. The molecule has 0 atom stereocenters. The minimum Gasteiger partial charge on any atom is -0.390 e. The van der Waals surface area contributed by atoms with Gasteiger partial charge in [-0.2, -0.15) is 0 Å². The van der Waals surface area contributed by atoms with Crippen molar-refractivity contribution in [3.63, 3.8) is 0 Å². The molecular formula is C19H44NO3Si+. The molecule has 0 saturated heterocycles. The summed E-state index contributed by atoms with van der Waals surface area (Å²) in [5.74, 6) is 0. The highest BCUT2D eigenvalue weighted by atomic mass is 28.4. The average molecular weight is 363 g/mol. The predicted octanol–water partition coefficient (Wildman–Crippen LogP) is 4.07. The van der Waals surface area contributed by atoms with Crippen LogP contribution < -0.4 is 0 Å². The summed E-state index contributed by atoms with van der Waals surface area (Å²) in [7, 11) is 0.540. The molecule has 5 heteroatoms. The molecule has 0 heterocycles. The molecule has 0 fully saturated rings. The van der Waals surface area contributed by atoms with E-state index in [4.69, 9.17) is 14.4 Å². The van der Waals surface area contributed by atoms with Crippen LogP contribution in [0.4, 0.5) is 0 Å². The number of hydrogen-bond donors (Lipinski definition) is 3. The van der Waals surface area contributed by atoms with Crippen LogP contribution in [0.25, 0.3) is 0 Å². The molecule has 0 aromatic heterocycles. The molecule has 0 bridgehead atoms. The van der Waals surface area contributed by atoms with Crippen LogP contribution in [0.3, 0.4) is 0 Å². The van der Waals surface area contributed by atoms with Crippen molar-refractivity contribution in [1.82, 2.24) is 0 Å². The quantitative estimate of drug-likeness (QED) is 0.208. The number of rotatable bonds is 17. The van der Waals surface area contributed by atoms with Gasteiger partial charge in [0.25, 0.3) is 0 Å². The average Bonchev–Trinajstić information content (AvgIpc) is 2.46. The summed E-state index contributed by atoms with van der Waals surface area (Å²) in [6.07, 6.45) is 17.2. The van der Waals surface area contributed by atoms with Crippen LogP contribution in [0.15, 0.2) is 0 Å². The van der Waals surface area contributed by atoms with Gasteiger partial charge in [-0.1, -0.05) is 71.1 Å². The van der Waals surface area contributed by atoms with E-state index in [0.717, 1.165) is 17.6 Å². The first-order chi connectivity index (χ1) is 11.3. The highest BCUT2D eigenvalue weighted by molar-refractivity contribution is 6.56. The summed E-state index contributed by atoms with van der Waals surface area (Å²) >= 11 is 0. The van der Waals surface area contributed by atoms with Crippen molar-refractivity contribution in [2.24, 2.45) is 0 Å². The van der Waals surface area contributed by atoms with Gasteiger partial charge in [-0.3, -0.25) is 0 Å². The Hall–Kier alpha value is 0.0569. The molecule has 24 heavy (non-hydrogen) atoms. The largest absolute Gasteiger partial charge is 0.492 e. The zero-order valence-electron chi connectivity index (χ0n) is 16.6. The predicted molar refractivity (Wildman–Crippen MR) is 105 cm³/mol. The van der Waals surface area contributed by atoms with Gasteiger partial charge in [-0.15, -0.1) is 0 Å². The Morgan fingerprint density at radius 1 is 0.583 bits per heavy atom. The molecule has 0 unspecified atom stereocenters. The number of nitrogens with zero attached hydrogens (tertiary/aromatic N) is 1. The van der Waals surface area contributed by atoms with Crippen molar-refractivity contribution in [3.8, 4) is 0 Å². The van der Waals surface area contributed by atoms with E-state index in [1.165, 1.54) is 77.0 Å². The van der Waals surface area contributed by atoms with Gasteiger partial charge in [0.2, 0.25) is 0 Å². The zero-order chi connectivity index (χ0) is 18.3. The normalized spacial score (nSPS) is 12.8. The molecule has 0 aliphatic rings. The minimum absolute atomic E-state index is 0.160. The molecule has 0 spiro atoms. The summed E-state index contributed by atoms with van der Waals surface area (Å²) in [4.78, 5) is 27.1. The van der Waals surface area contributed by atoms with Gasteiger partial charge in [-0.05, 0) is 12.8 Å². The Morgan fingerprint density at radius 2 is 0.958 bits per heavy atom. The molecule has 146 valence electrons. The SMILES string of the molecule is CCCCCCCCCCCCCC[N+](C)(C)CCC[Si](O)(O)O. The molecule has 0 aliphatic heterocycles. The second kappa shape index (κ2) is 14.2. The van der Waals surface area contributed by atoms with Crippen molar-refractivity contribution in [1.29, 1.82) is 0 Å². The van der Waals surface area contributed by atoms with E-state index < -0.39 is 8.80 Å². The van der Waals surface area contributed by atoms with Crippen molar-refractivity contribution in [2.45, 2.75) is 96.4 Å². The third-order valence-corrected chi connectivity index (χ3v) is 5.92. The lowest BCUT2D eigenvalue weighted by Gasteiger charge is -2.30. The maximum atomic E-state index is 9.05. The van der Waals surface area contributed by atoms with Gasteiger partial charge in [-0.25, -0.2) is 0 Å². The maximum Gasteiger partial charge on any atom is 0.492 e. The molecule has 0 saturated carbocycles. The molecule has 4 nitrogen and oxygen atoms in total. The Labute approximate surface area is 151 Å². The first kappa shape index (κ1) is 24.1. The topological polar surface area (TPSA) is 60.7 Å². The van der Waals surface area contributed by atoms with Gasteiger partial charge in [0, 0.05) is 12.5 Å². The lowest BCUT2D eigenvalue weighted by atomic mass is 10.1. The Kier molecular flexibility index (Phi) is 14.3. The van der Waals surface area contributed by atoms with Gasteiger partial charge in [0.15, 0.2) is 0 Å². The Balaban J connectivity index is 3.36. The van der Waals surface area contributed by atoms with Crippen LogP contribution in [0.5, 0.6) is 0 Å². The second-order valence-electron chi connectivity index (χ2n) is 8.15. The van der Waals surface area contributed by atoms with Gasteiger partial charge in [0.05, 0.1) is 27.2 Å². The smallest absolute Gasteiger partial charge is 0.390 e. The second-order valence-corrected chi connectivity index (χ2v) is 10.2. The van der Waals surface area contributed by atoms with E-state index in [0.29, 0.717) is 6.42 Å². The monoisotopic (exact) mass is 362 g/mol. The molecule has 0 rings (SSSR count). The van der Waals surface area contributed by atoms with Crippen LogP contribution in [-0.4, -0.2) is 54.9 Å². The van der Waals surface area contributed by atoms with Crippen LogP contribution in [0.2, 0.25) is 6.04 Å². The summed E-state index contributed by atoms with van der Waals surface area (Å²) in [5.41, 5.74) is 0. The van der Waals surface area contributed by atoms with E-state index in [1.54, 1.807) is 0 Å². The van der Waals surface area contributed by atoms with Gasteiger partial charge in [0.1, 0.15) is 0 Å². The molecule has 3 N–H and O–H groups in total. The molecular weight excluding hydrogens is 318 g/mol. The van der Waals surface area contributed by atoms with E-state index in [9.17, 15) is 0 Å². The molecule has 0 radical (unpaired) electrons. The Morgan fingerprint density at radius 3 is 1.38 bits per heavy atom. The Bertz CT molecular complexity index is 280. The summed E-state index contributed by atoms with van der Waals surface area (Å²) in [5, 5.41) is 0. The summed E-state index contributed by atoms with van der Waals surface area (Å²) < 4.78 is 0.905. The standard InChI is InChI=1S/C19H44NO3Si/c1-4-5-6-7-8-9-10-11-12-13-14-15-17-20(2,3)18-16-19-24(21,22)23/h21-23H,4-19H2,1-3H3/q+1. The molecule has 0 aromatic rings. The van der Waals surface area contributed by atoms with Gasteiger partial charge >= 0.3 is 8.80 Å². The number of unbranched alkanes of at least 4 members (excludes halogenated alkanes) is 11. The number of hydrogen-bond acceptors (Lipinski definition) is 3. The fraction of sp³-hybridized carbons (Fsp3) is 1.00. The first-order valence-electron chi connectivity index (χ1n) is 10.3. The first-order valence-corrected chi connectivity index (χ1v) is 12.3. The molecule has 0 aromatic carbocycles. The maximum absolute atomic E-state index is 9.05. The molecule has 0 amide bonds. The van der Waals surface area contributed by atoms with Crippen LogP contribution in [-0.2, 0) is 0 Å². The fourth-order valence-electron chi connectivity index (χ4n) is 3.24. The summed E-state index contributed by atoms with van der Waals surface area (Å²) in [6, 6.07) is 0.160. The van der Waals surface area contributed by atoms with Crippen LogP contribution in [0, 0.1) is 0 Å². The highest BCUT2D eigenvalue weighted by Gasteiger charge is 2.27. The summed E-state index contributed by atoms with van der Waals surface area (Å²) in [6.45, 7) is 4.30. The van der Waals surface area contributed by atoms with Crippen molar-refractivity contribution < 1.29 is 18.9 Å². The molecule has 0 aliphatic carbocycles. The number of quaternary nitrogens is 1. The van der Waals surface area contributed by atoms with E-state index in [1.807, 2.05) is 0 Å². The zero-order valence-corrected chi connectivity index (χ0v) is 17.6. The van der Waals surface area contributed by atoms with E-state index >= 15 is 0 Å². The van der Waals surface area contributed by atoms with Crippen LogP contribution in [0.1, 0.15) is 90.4 Å². The lowest BCUT2D eigenvalue weighted by molar-refractivity contribution is -0.890. The lowest BCUT2D eigenvalue weighted by Crippen LogP contribution is -2.43. The van der Waals surface area contributed by atoms with Crippen LogP contribution >= 0.6 is 0 Å². The third-order valence-electron chi connectivity index (χ3n) is 4.89. The minimum atomic E-state index is -3.84. The van der Waals surface area contributed by atoms with Gasteiger partial charge < -0.3 is 18.9 Å². The van der Waals surface area contributed by atoms with Crippen molar-refractivity contribution in [3.05, 3.63) is 0 Å². The third kappa shape index (κ3) is 18.4. The van der Waals surface area contributed by atoms with Crippen molar-refractivity contribution in [2.75, 3.05) is 27.2 Å². The van der Waals surface area contributed by atoms with Crippen molar-refractivity contribution >= 4 is 8.80 Å². The van der Waals surface area contributed by atoms with E-state index in [-0.39, 0.29) is 6.04 Å². The van der Waals surface area contributed by atoms with E-state index in [2.05, 4.69) is 21.0 Å². The highest BCUT2D eigenvalue weighted by Crippen LogP contribution is 2.13.